The van der Waals surface area contributed by atoms with Crippen molar-refractivity contribution in [2.45, 2.75) is 77.1 Å². The highest BCUT2D eigenvalue weighted by atomic mass is 35.5. The minimum Gasteiger partial charge on any atom is -0.489 e. The van der Waals surface area contributed by atoms with Gasteiger partial charge < -0.3 is 25.0 Å². The molecule has 1 atom stereocenters. The van der Waals surface area contributed by atoms with Crippen LogP contribution in [0.4, 0.5) is 5.69 Å². The lowest BCUT2D eigenvalue weighted by atomic mass is 9.49. The van der Waals surface area contributed by atoms with Crippen LogP contribution < -0.4 is 20.3 Å². The average Bonchev–Trinajstić information content (AvgIpc) is 3.43. The van der Waals surface area contributed by atoms with Gasteiger partial charge in [-0.05, 0) is 67.8 Å². The van der Waals surface area contributed by atoms with Crippen LogP contribution in [0.3, 0.4) is 0 Å². The summed E-state index contributed by atoms with van der Waals surface area (Å²) in [7, 11) is 0. The molecule has 1 spiro atoms. The molecule has 5 heterocycles. The third kappa shape index (κ3) is 6.91. The number of amides is 4. The second-order valence-electron chi connectivity index (χ2n) is 17.2. The van der Waals surface area contributed by atoms with Crippen molar-refractivity contribution in [1.29, 1.82) is 5.26 Å². The number of aryl methyl sites for hydroxylation is 1. The summed E-state index contributed by atoms with van der Waals surface area (Å²) in [5.41, 5.74) is 2.15. The van der Waals surface area contributed by atoms with E-state index in [0.717, 1.165) is 56.8 Å². The van der Waals surface area contributed by atoms with Crippen molar-refractivity contribution in [1.82, 2.24) is 25.4 Å². The van der Waals surface area contributed by atoms with Gasteiger partial charge in [-0.2, -0.15) is 5.26 Å². The van der Waals surface area contributed by atoms with E-state index in [4.69, 9.17) is 21.1 Å². The molecule has 1 unspecified atom stereocenters. The number of pyridine rings is 1. The van der Waals surface area contributed by atoms with Gasteiger partial charge in [-0.25, -0.2) is 0 Å². The molecule has 4 fully saturated rings. The third-order valence-corrected chi connectivity index (χ3v) is 13.1. The highest BCUT2D eigenvalue weighted by molar-refractivity contribution is 6.31. The summed E-state index contributed by atoms with van der Waals surface area (Å²) in [6.07, 6.45) is 4.08. The molecule has 14 heteroatoms. The Morgan fingerprint density at radius 1 is 1.00 bits per heavy atom. The summed E-state index contributed by atoms with van der Waals surface area (Å²) in [5, 5.41) is 15.7. The number of carbonyl (C=O) groups excluding carboxylic acids is 4. The Balaban J connectivity index is 0.796. The Hall–Kier alpha value is -5.03. The molecule has 1 aliphatic carbocycles. The number of nitriles is 1. The summed E-state index contributed by atoms with van der Waals surface area (Å²) in [6.45, 7) is 13.2. The maximum Gasteiger partial charge on any atom is 0.270 e. The Bertz CT molecular complexity index is 2140. The maximum absolute atomic E-state index is 13.7. The number of piperazine rings is 1. The summed E-state index contributed by atoms with van der Waals surface area (Å²) in [5.74, 6) is -0.318. The number of fused-ring (bicyclic) bond motifs is 1. The predicted octanol–water partition coefficient (Wildman–Crippen LogP) is 4.62. The third-order valence-electron chi connectivity index (χ3n) is 12.8. The first-order chi connectivity index (χ1) is 27.2. The van der Waals surface area contributed by atoms with Crippen molar-refractivity contribution in [3.05, 3.63) is 87.7 Å². The summed E-state index contributed by atoms with van der Waals surface area (Å²) in [6, 6.07) is 15.8. The normalized spacial score (nSPS) is 24.6. The Morgan fingerprint density at radius 3 is 2.39 bits per heavy atom. The van der Waals surface area contributed by atoms with Crippen molar-refractivity contribution >= 4 is 40.9 Å². The lowest BCUT2D eigenvalue weighted by Gasteiger charge is -2.63. The second kappa shape index (κ2) is 14.7. The second-order valence-corrected chi connectivity index (χ2v) is 17.7. The van der Waals surface area contributed by atoms with E-state index >= 15 is 0 Å². The number of aromatic nitrogens is 1. The van der Waals surface area contributed by atoms with Gasteiger partial charge in [0.2, 0.25) is 5.91 Å². The van der Waals surface area contributed by atoms with Crippen LogP contribution in [0.25, 0.3) is 0 Å². The lowest BCUT2D eigenvalue weighted by Crippen LogP contribution is -2.75. The molecular weight excluding hydrogens is 746 g/mol. The van der Waals surface area contributed by atoms with E-state index in [1.54, 1.807) is 36.5 Å². The zero-order valence-corrected chi connectivity index (χ0v) is 33.5. The van der Waals surface area contributed by atoms with Crippen LogP contribution >= 0.6 is 11.6 Å². The van der Waals surface area contributed by atoms with Gasteiger partial charge in [0, 0.05) is 67.4 Å². The van der Waals surface area contributed by atoms with E-state index in [1.165, 1.54) is 4.90 Å². The van der Waals surface area contributed by atoms with Crippen LogP contribution in [0.1, 0.15) is 89.3 Å². The molecule has 298 valence electrons. The molecule has 2 N–H and O–H groups in total. The number of nitrogens with one attached hydrogen (secondary N) is 2. The van der Waals surface area contributed by atoms with Crippen LogP contribution in [-0.4, -0.2) is 108 Å². The zero-order chi connectivity index (χ0) is 40.3. The molecule has 4 aliphatic heterocycles. The van der Waals surface area contributed by atoms with Crippen LogP contribution in [0.15, 0.2) is 54.7 Å². The van der Waals surface area contributed by atoms with E-state index in [1.807, 2.05) is 18.2 Å². The number of benzene rings is 2. The van der Waals surface area contributed by atoms with Crippen molar-refractivity contribution in [2.75, 3.05) is 50.8 Å². The van der Waals surface area contributed by atoms with E-state index < -0.39 is 11.6 Å². The lowest BCUT2D eigenvalue weighted by molar-refractivity contribution is -0.164. The zero-order valence-electron chi connectivity index (χ0n) is 32.8. The molecule has 8 rings (SSSR count). The van der Waals surface area contributed by atoms with Crippen LogP contribution in [-0.2, 0) is 16.0 Å². The monoisotopic (exact) mass is 793 g/mol. The van der Waals surface area contributed by atoms with Gasteiger partial charge in [0.15, 0.2) is 0 Å². The van der Waals surface area contributed by atoms with E-state index in [-0.39, 0.29) is 53.0 Å². The first kappa shape index (κ1) is 38.8. The molecule has 0 radical (unpaired) electrons. The maximum atomic E-state index is 13.7. The summed E-state index contributed by atoms with van der Waals surface area (Å²) < 4.78 is 11.8. The van der Waals surface area contributed by atoms with Gasteiger partial charge in [0.05, 0.1) is 41.0 Å². The molecule has 57 heavy (non-hydrogen) atoms. The molecule has 1 saturated carbocycles. The minimum absolute atomic E-state index is 0.0744. The molecule has 4 amide bonds. The van der Waals surface area contributed by atoms with E-state index in [0.29, 0.717) is 52.8 Å². The van der Waals surface area contributed by atoms with Crippen LogP contribution in [0, 0.1) is 22.2 Å². The Morgan fingerprint density at radius 2 is 1.74 bits per heavy atom. The number of ether oxygens (including phenoxy) is 2. The molecule has 3 saturated heterocycles. The number of anilines is 1. The fourth-order valence-corrected chi connectivity index (χ4v) is 10.1. The first-order valence-corrected chi connectivity index (χ1v) is 20.1. The predicted molar refractivity (Wildman–Crippen MR) is 212 cm³/mol. The minimum atomic E-state index is -0.697. The van der Waals surface area contributed by atoms with E-state index in [9.17, 15) is 24.4 Å². The molecule has 0 bridgehead atoms. The number of nitrogens with zero attached hydrogens (tertiary/aromatic N) is 5. The number of piperidine rings is 1. The number of imide groups is 1. The Labute approximate surface area is 337 Å². The van der Waals surface area contributed by atoms with Gasteiger partial charge in [0.1, 0.15) is 29.2 Å². The smallest absolute Gasteiger partial charge is 0.270 e. The Kier molecular flexibility index (Phi) is 10.0. The summed E-state index contributed by atoms with van der Waals surface area (Å²) >= 11 is 6.24. The highest BCUT2D eigenvalue weighted by Crippen LogP contribution is 2.55. The largest absolute Gasteiger partial charge is 0.489 e. The fourth-order valence-electron chi connectivity index (χ4n) is 9.90. The van der Waals surface area contributed by atoms with Crippen LogP contribution in [0.5, 0.6) is 5.75 Å². The highest BCUT2D eigenvalue weighted by Gasteiger charge is 2.64. The average molecular weight is 794 g/mol. The topological polar surface area (TPSA) is 157 Å². The SMILES string of the molecule is CC1(C)C(NC(=O)c2ccc(CCCN3CCN(c4ccc5c(c4)C(=O)N(C4CCC(=O)NC46COC6)C5=O)CC3)cn2)C(C)(C)C1Oc1ccc(C#N)c(Cl)c1. The van der Waals surface area contributed by atoms with Crippen molar-refractivity contribution in [2.24, 2.45) is 10.8 Å². The van der Waals surface area contributed by atoms with Gasteiger partial charge in [0.25, 0.3) is 17.7 Å². The number of hydrogen-bond donors (Lipinski definition) is 2. The number of rotatable bonds is 10. The number of hydrogen-bond acceptors (Lipinski definition) is 10. The van der Waals surface area contributed by atoms with Crippen molar-refractivity contribution in [3.8, 4) is 11.8 Å². The molecule has 3 aromatic rings. The van der Waals surface area contributed by atoms with Gasteiger partial charge >= 0.3 is 0 Å². The number of carbonyl (C=O) groups is 4. The standard InChI is InChI=1S/C43H48ClN7O6/c1-41(2)39(42(3,4)40(41)57-29-10-8-27(22-45)32(44)21-29)47-36(53)33-12-7-26(23-46-33)6-5-15-49-16-18-50(19-17-49)28-9-11-30-31(20-28)38(55)51(37(30)54)34-13-14-35(52)48-43(34)24-56-25-43/h7-12,20-21,23,34,39-40H,5-6,13-19,24-25H2,1-4H3,(H,47,53)(H,48,52). The number of halogens is 1. The van der Waals surface area contributed by atoms with Gasteiger partial charge in [-0.1, -0.05) is 45.4 Å². The quantitative estimate of drug-likeness (QED) is 0.278. The summed E-state index contributed by atoms with van der Waals surface area (Å²) in [4.78, 5) is 63.2. The molecule has 13 nitrogen and oxygen atoms in total. The first-order valence-electron chi connectivity index (χ1n) is 19.7. The van der Waals surface area contributed by atoms with E-state index in [2.05, 4.69) is 59.2 Å². The molecule has 2 aromatic carbocycles. The molecule has 5 aliphatic rings. The van der Waals surface area contributed by atoms with Gasteiger partial charge in [-0.3, -0.25) is 34.0 Å². The van der Waals surface area contributed by atoms with Gasteiger partial charge in [-0.15, -0.1) is 0 Å². The molecule has 1 aromatic heterocycles. The van der Waals surface area contributed by atoms with Crippen LogP contribution in [0.2, 0.25) is 5.02 Å². The van der Waals surface area contributed by atoms with Crippen molar-refractivity contribution < 1.29 is 28.7 Å². The van der Waals surface area contributed by atoms with Crippen molar-refractivity contribution in [3.63, 3.8) is 0 Å². The molecular formula is C43H48ClN7O6. The fraction of sp³-hybridized carbons (Fsp3) is 0.488.